The molecule has 106 valence electrons. The Kier molecular flexibility index (Phi) is 4.76. The first-order chi connectivity index (χ1) is 9.61. The van der Waals surface area contributed by atoms with Gasteiger partial charge in [0, 0.05) is 30.5 Å². The first kappa shape index (κ1) is 14.6. The summed E-state index contributed by atoms with van der Waals surface area (Å²) in [5.74, 6) is -0.146. The normalized spacial score (nSPS) is 12.2. The van der Waals surface area contributed by atoms with Crippen LogP contribution in [0.15, 0.2) is 36.7 Å². The maximum atomic E-state index is 11.9. The summed E-state index contributed by atoms with van der Waals surface area (Å²) in [6.07, 6.45) is 3.50. The molecule has 1 aromatic carbocycles. The van der Waals surface area contributed by atoms with Crippen LogP contribution in [0, 0.1) is 5.92 Å². The predicted octanol–water partition coefficient (Wildman–Crippen LogP) is 2.32. The highest BCUT2D eigenvalue weighted by Gasteiger charge is 2.12. The molecule has 2 N–H and O–H groups in total. The van der Waals surface area contributed by atoms with Crippen molar-refractivity contribution < 1.29 is 4.79 Å². The summed E-state index contributed by atoms with van der Waals surface area (Å²) in [5.41, 5.74) is 1.46. The fraction of sp³-hybridized carbons (Fsp3) is 0.286. The molecule has 6 heteroatoms. The average Bonchev–Trinajstić information content (AvgIpc) is 2.93. The minimum Gasteiger partial charge on any atom is -0.326 e. The molecule has 1 amide bonds. The van der Waals surface area contributed by atoms with Gasteiger partial charge in [0.2, 0.25) is 5.91 Å². The van der Waals surface area contributed by atoms with Gasteiger partial charge in [-0.3, -0.25) is 4.79 Å². The van der Waals surface area contributed by atoms with Crippen molar-refractivity contribution in [2.75, 3.05) is 18.9 Å². The van der Waals surface area contributed by atoms with Crippen LogP contribution in [0.5, 0.6) is 0 Å². The molecule has 0 aliphatic heterocycles. The highest BCUT2D eigenvalue weighted by molar-refractivity contribution is 6.32. The van der Waals surface area contributed by atoms with Crippen LogP contribution in [0.25, 0.3) is 5.69 Å². The topological polar surface area (TPSA) is 59.0 Å². The number of amides is 1. The van der Waals surface area contributed by atoms with Crippen molar-refractivity contribution in [2.45, 2.75) is 6.92 Å². The van der Waals surface area contributed by atoms with E-state index >= 15 is 0 Å². The smallest absolute Gasteiger partial charge is 0.228 e. The summed E-state index contributed by atoms with van der Waals surface area (Å²) in [6, 6.07) is 7.19. The number of aromatic nitrogens is 2. The zero-order valence-electron chi connectivity index (χ0n) is 11.4. The molecule has 5 nitrogen and oxygen atoms in total. The van der Waals surface area contributed by atoms with Gasteiger partial charge in [0.05, 0.1) is 10.7 Å². The van der Waals surface area contributed by atoms with Gasteiger partial charge in [-0.05, 0) is 31.3 Å². The number of halogens is 1. The monoisotopic (exact) mass is 292 g/mol. The Morgan fingerprint density at radius 3 is 2.90 bits per heavy atom. The number of carbonyl (C=O) groups excluding carboxylic acids is 1. The summed E-state index contributed by atoms with van der Waals surface area (Å²) in [5, 5.41) is 10.5. The minimum atomic E-state index is -0.107. The lowest BCUT2D eigenvalue weighted by molar-refractivity contribution is -0.119. The lowest BCUT2D eigenvalue weighted by Crippen LogP contribution is -2.28. The standard InChI is InChI=1S/C14H17ClN4O/c1-10(9-16-2)14(20)18-11-4-5-13(12(15)8-11)19-7-3-6-17-19/h3-8,10,16H,9H2,1-2H3,(H,18,20). The maximum Gasteiger partial charge on any atom is 0.228 e. The molecule has 20 heavy (non-hydrogen) atoms. The highest BCUT2D eigenvalue weighted by atomic mass is 35.5. The molecule has 0 saturated carbocycles. The van der Waals surface area contributed by atoms with Crippen molar-refractivity contribution in [3.05, 3.63) is 41.7 Å². The lowest BCUT2D eigenvalue weighted by Gasteiger charge is -2.12. The molecule has 0 spiro atoms. The highest BCUT2D eigenvalue weighted by Crippen LogP contribution is 2.24. The Labute approximate surface area is 122 Å². The van der Waals surface area contributed by atoms with Crippen molar-refractivity contribution >= 4 is 23.2 Å². The third kappa shape index (κ3) is 3.37. The van der Waals surface area contributed by atoms with Crippen molar-refractivity contribution in [1.82, 2.24) is 15.1 Å². The van der Waals surface area contributed by atoms with Gasteiger partial charge in [0.25, 0.3) is 0 Å². The van der Waals surface area contributed by atoms with Crippen LogP contribution in [-0.4, -0.2) is 29.3 Å². The van der Waals surface area contributed by atoms with Crippen LogP contribution in [-0.2, 0) is 4.79 Å². The van der Waals surface area contributed by atoms with Crippen LogP contribution >= 0.6 is 11.6 Å². The number of carbonyl (C=O) groups is 1. The van der Waals surface area contributed by atoms with E-state index in [0.717, 1.165) is 5.69 Å². The first-order valence-corrected chi connectivity index (χ1v) is 6.74. The van der Waals surface area contributed by atoms with Crippen LogP contribution in [0.2, 0.25) is 5.02 Å². The number of rotatable bonds is 5. The second-order valence-corrected chi connectivity index (χ2v) is 4.97. The summed E-state index contributed by atoms with van der Waals surface area (Å²) < 4.78 is 1.68. The van der Waals surface area contributed by atoms with Gasteiger partial charge < -0.3 is 10.6 Å². The number of benzene rings is 1. The molecule has 1 aromatic heterocycles. The zero-order chi connectivity index (χ0) is 14.5. The van der Waals surface area contributed by atoms with Gasteiger partial charge in [0.15, 0.2) is 0 Å². The Morgan fingerprint density at radius 2 is 2.30 bits per heavy atom. The summed E-state index contributed by atoms with van der Waals surface area (Å²) in [6.45, 7) is 2.50. The molecule has 1 heterocycles. The molecular formula is C14H17ClN4O. The molecule has 0 fully saturated rings. The lowest BCUT2D eigenvalue weighted by atomic mass is 10.1. The van der Waals surface area contributed by atoms with Crippen molar-refractivity contribution in [3.8, 4) is 5.69 Å². The van der Waals surface area contributed by atoms with E-state index in [1.54, 1.807) is 16.9 Å². The van der Waals surface area contributed by atoms with E-state index < -0.39 is 0 Å². The van der Waals surface area contributed by atoms with Crippen LogP contribution < -0.4 is 10.6 Å². The molecule has 0 aliphatic carbocycles. The van der Waals surface area contributed by atoms with E-state index in [9.17, 15) is 4.79 Å². The number of nitrogens with zero attached hydrogens (tertiary/aromatic N) is 2. The van der Waals surface area contributed by atoms with Crippen molar-refractivity contribution in [2.24, 2.45) is 5.92 Å². The van der Waals surface area contributed by atoms with Gasteiger partial charge >= 0.3 is 0 Å². The third-order valence-corrected chi connectivity index (χ3v) is 3.23. The van der Waals surface area contributed by atoms with Crippen molar-refractivity contribution in [1.29, 1.82) is 0 Å². The average molecular weight is 293 g/mol. The number of hydrogen-bond acceptors (Lipinski definition) is 3. The summed E-state index contributed by atoms with van der Waals surface area (Å²) >= 11 is 6.22. The minimum absolute atomic E-state index is 0.0396. The molecule has 1 unspecified atom stereocenters. The first-order valence-electron chi connectivity index (χ1n) is 6.37. The second kappa shape index (κ2) is 6.54. The van der Waals surface area contributed by atoms with Gasteiger partial charge in [0.1, 0.15) is 0 Å². The van der Waals surface area contributed by atoms with Gasteiger partial charge in [-0.15, -0.1) is 0 Å². The largest absolute Gasteiger partial charge is 0.326 e. The Bertz CT molecular complexity index is 583. The Balaban J connectivity index is 2.12. The fourth-order valence-electron chi connectivity index (χ4n) is 1.85. The molecule has 1 atom stereocenters. The quantitative estimate of drug-likeness (QED) is 0.889. The van der Waals surface area contributed by atoms with Gasteiger partial charge in [-0.2, -0.15) is 5.10 Å². The van der Waals surface area contributed by atoms with Crippen LogP contribution in [0.4, 0.5) is 5.69 Å². The molecular weight excluding hydrogens is 276 g/mol. The molecule has 0 saturated heterocycles. The van der Waals surface area contributed by atoms with Crippen molar-refractivity contribution in [3.63, 3.8) is 0 Å². The fourth-order valence-corrected chi connectivity index (χ4v) is 2.11. The summed E-state index contributed by atoms with van der Waals surface area (Å²) in [4.78, 5) is 11.9. The van der Waals surface area contributed by atoms with Crippen LogP contribution in [0.3, 0.4) is 0 Å². The predicted molar refractivity (Wildman–Crippen MR) is 80.3 cm³/mol. The van der Waals surface area contributed by atoms with E-state index in [1.807, 2.05) is 38.4 Å². The number of nitrogens with one attached hydrogen (secondary N) is 2. The molecule has 2 rings (SSSR count). The van der Waals surface area contributed by atoms with E-state index in [4.69, 9.17) is 11.6 Å². The Morgan fingerprint density at radius 1 is 1.50 bits per heavy atom. The Hall–Kier alpha value is -1.85. The van der Waals surface area contributed by atoms with E-state index in [-0.39, 0.29) is 11.8 Å². The van der Waals surface area contributed by atoms with Gasteiger partial charge in [-0.1, -0.05) is 18.5 Å². The number of hydrogen-bond donors (Lipinski definition) is 2. The van der Waals surface area contributed by atoms with Crippen LogP contribution in [0.1, 0.15) is 6.92 Å². The third-order valence-electron chi connectivity index (χ3n) is 2.92. The molecule has 0 radical (unpaired) electrons. The number of anilines is 1. The van der Waals surface area contributed by atoms with E-state index in [2.05, 4.69) is 15.7 Å². The summed E-state index contributed by atoms with van der Waals surface area (Å²) in [7, 11) is 1.82. The molecule has 2 aromatic rings. The van der Waals surface area contributed by atoms with Gasteiger partial charge in [-0.25, -0.2) is 4.68 Å². The molecule has 0 aliphatic rings. The second-order valence-electron chi connectivity index (χ2n) is 4.56. The zero-order valence-corrected chi connectivity index (χ0v) is 12.2. The maximum absolute atomic E-state index is 11.9. The molecule has 0 bridgehead atoms. The van der Waals surface area contributed by atoms with E-state index in [0.29, 0.717) is 17.3 Å². The van der Waals surface area contributed by atoms with E-state index in [1.165, 1.54) is 0 Å². The SMILES string of the molecule is CNCC(C)C(=O)Nc1ccc(-n2cccn2)c(Cl)c1.